The molecule has 0 spiro atoms. The van der Waals surface area contributed by atoms with Crippen molar-refractivity contribution >= 4 is 0 Å². The van der Waals surface area contributed by atoms with Crippen LogP contribution in [0.4, 0.5) is 4.39 Å². The first kappa shape index (κ1) is 14.7. The van der Waals surface area contributed by atoms with Crippen molar-refractivity contribution in [1.29, 1.82) is 0 Å². The molecule has 108 valence electrons. The van der Waals surface area contributed by atoms with Crippen LogP contribution in [0, 0.1) is 5.82 Å². The van der Waals surface area contributed by atoms with E-state index in [1.165, 1.54) is 12.3 Å². The van der Waals surface area contributed by atoms with Crippen LogP contribution in [0.5, 0.6) is 0 Å². The van der Waals surface area contributed by atoms with E-state index in [9.17, 15) is 4.39 Å². The van der Waals surface area contributed by atoms with Gasteiger partial charge in [-0.1, -0.05) is 13.8 Å². The van der Waals surface area contributed by atoms with Crippen molar-refractivity contribution in [2.24, 2.45) is 7.05 Å². The normalized spacial score (nSPS) is 12.8. The minimum Gasteiger partial charge on any atom is -0.338 e. The Morgan fingerprint density at radius 1 is 1.30 bits per heavy atom. The second-order valence-electron chi connectivity index (χ2n) is 5.27. The summed E-state index contributed by atoms with van der Waals surface area (Å²) in [5.41, 5.74) is 0.870. The predicted octanol–water partition coefficient (Wildman–Crippen LogP) is 2.63. The zero-order valence-electron chi connectivity index (χ0n) is 12.2. The van der Waals surface area contributed by atoms with Crippen LogP contribution in [-0.2, 0) is 13.5 Å². The van der Waals surface area contributed by atoms with Gasteiger partial charge in [-0.15, -0.1) is 0 Å². The van der Waals surface area contributed by atoms with Crippen molar-refractivity contribution in [1.82, 2.24) is 19.9 Å². The Balaban J connectivity index is 2.07. The van der Waals surface area contributed by atoms with Gasteiger partial charge in [0.05, 0.1) is 17.9 Å². The highest BCUT2D eigenvalue weighted by atomic mass is 19.1. The van der Waals surface area contributed by atoms with E-state index in [-0.39, 0.29) is 11.9 Å². The fourth-order valence-corrected chi connectivity index (χ4v) is 2.22. The number of aryl methyl sites for hydroxylation is 2. The molecule has 0 bridgehead atoms. The third-order valence-electron chi connectivity index (χ3n) is 3.22. The zero-order valence-corrected chi connectivity index (χ0v) is 12.2. The van der Waals surface area contributed by atoms with Crippen LogP contribution in [0.2, 0.25) is 0 Å². The highest BCUT2D eigenvalue weighted by Gasteiger charge is 2.15. The highest BCUT2D eigenvalue weighted by Crippen LogP contribution is 2.18. The Hall–Kier alpha value is -1.75. The summed E-state index contributed by atoms with van der Waals surface area (Å²) in [7, 11) is 1.99. The standard InChI is InChI=1S/C15H21FN4/c1-11(2)19-14(13-5-4-12(16)10-18-13)6-7-15-17-8-9-20(15)3/h4-5,8-11,14,19H,6-7H2,1-3H3. The zero-order chi connectivity index (χ0) is 14.5. The van der Waals surface area contributed by atoms with Gasteiger partial charge in [-0.25, -0.2) is 9.37 Å². The molecule has 2 heterocycles. The minimum atomic E-state index is -0.304. The van der Waals surface area contributed by atoms with E-state index in [1.54, 1.807) is 12.3 Å². The summed E-state index contributed by atoms with van der Waals surface area (Å²) < 4.78 is 15.0. The Bertz CT molecular complexity index is 533. The Labute approximate surface area is 119 Å². The van der Waals surface area contributed by atoms with Gasteiger partial charge in [0, 0.05) is 31.9 Å². The van der Waals surface area contributed by atoms with Crippen LogP contribution in [0.1, 0.15) is 37.8 Å². The van der Waals surface area contributed by atoms with Gasteiger partial charge in [0.1, 0.15) is 11.6 Å². The molecule has 20 heavy (non-hydrogen) atoms. The molecule has 0 amide bonds. The van der Waals surface area contributed by atoms with Gasteiger partial charge in [-0.3, -0.25) is 4.98 Å². The average molecular weight is 276 g/mol. The lowest BCUT2D eigenvalue weighted by atomic mass is 10.1. The minimum absolute atomic E-state index is 0.104. The van der Waals surface area contributed by atoms with E-state index in [2.05, 4.69) is 29.1 Å². The molecule has 0 saturated carbocycles. The molecule has 0 fully saturated rings. The van der Waals surface area contributed by atoms with Gasteiger partial charge < -0.3 is 9.88 Å². The van der Waals surface area contributed by atoms with Crippen LogP contribution in [0.15, 0.2) is 30.7 Å². The van der Waals surface area contributed by atoms with Crippen LogP contribution >= 0.6 is 0 Å². The molecule has 4 nitrogen and oxygen atoms in total. The summed E-state index contributed by atoms with van der Waals surface area (Å²) in [6.45, 7) is 4.19. The van der Waals surface area contributed by atoms with Crippen LogP contribution in [0.3, 0.4) is 0 Å². The molecule has 2 aromatic heterocycles. The molecule has 0 saturated heterocycles. The molecule has 2 aromatic rings. The van der Waals surface area contributed by atoms with Gasteiger partial charge in [0.15, 0.2) is 0 Å². The molecular formula is C15H21FN4. The molecule has 0 aliphatic rings. The Morgan fingerprint density at radius 2 is 2.10 bits per heavy atom. The summed E-state index contributed by atoms with van der Waals surface area (Å²) in [6, 6.07) is 3.65. The first-order chi connectivity index (χ1) is 9.56. The Morgan fingerprint density at radius 3 is 2.65 bits per heavy atom. The monoisotopic (exact) mass is 276 g/mol. The first-order valence-corrected chi connectivity index (χ1v) is 6.90. The van der Waals surface area contributed by atoms with Crippen molar-refractivity contribution in [3.8, 4) is 0 Å². The lowest BCUT2D eigenvalue weighted by Crippen LogP contribution is -2.29. The average Bonchev–Trinajstić information content (AvgIpc) is 2.81. The quantitative estimate of drug-likeness (QED) is 0.882. The van der Waals surface area contributed by atoms with E-state index < -0.39 is 0 Å². The van der Waals surface area contributed by atoms with Crippen LogP contribution < -0.4 is 5.32 Å². The van der Waals surface area contributed by atoms with E-state index >= 15 is 0 Å². The number of aromatic nitrogens is 3. The van der Waals surface area contributed by atoms with E-state index in [0.717, 1.165) is 24.4 Å². The molecule has 0 aliphatic carbocycles. The smallest absolute Gasteiger partial charge is 0.141 e. The molecule has 1 atom stereocenters. The third-order valence-corrected chi connectivity index (χ3v) is 3.22. The van der Waals surface area contributed by atoms with Crippen LogP contribution in [-0.4, -0.2) is 20.6 Å². The number of hydrogen-bond acceptors (Lipinski definition) is 3. The third kappa shape index (κ3) is 3.87. The van der Waals surface area contributed by atoms with Crippen molar-refractivity contribution < 1.29 is 4.39 Å². The van der Waals surface area contributed by atoms with Gasteiger partial charge in [0.25, 0.3) is 0 Å². The largest absolute Gasteiger partial charge is 0.338 e. The number of nitrogens with zero attached hydrogens (tertiary/aromatic N) is 3. The van der Waals surface area contributed by atoms with E-state index in [1.807, 2.05) is 17.8 Å². The van der Waals surface area contributed by atoms with E-state index in [0.29, 0.717) is 6.04 Å². The summed E-state index contributed by atoms with van der Waals surface area (Å²) >= 11 is 0. The number of imidazole rings is 1. The topological polar surface area (TPSA) is 42.7 Å². The number of pyridine rings is 1. The van der Waals surface area contributed by atoms with Gasteiger partial charge in [-0.05, 0) is 18.6 Å². The molecule has 0 aromatic carbocycles. The predicted molar refractivity (Wildman–Crippen MR) is 76.7 cm³/mol. The maximum Gasteiger partial charge on any atom is 0.141 e. The fourth-order valence-electron chi connectivity index (χ4n) is 2.22. The second-order valence-corrected chi connectivity index (χ2v) is 5.27. The molecule has 1 N–H and O–H groups in total. The number of rotatable bonds is 6. The highest BCUT2D eigenvalue weighted by molar-refractivity contribution is 5.10. The fraction of sp³-hybridized carbons (Fsp3) is 0.467. The molecule has 0 radical (unpaired) electrons. The van der Waals surface area contributed by atoms with Crippen molar-refractivity contribution in [2.75, 3.05) is 0 Å². The summed E-state index contributed by atoms with van der Waals surface area (Å²) in [5.74, 6) is 0.740. The summed E-state index contributed by atoms with van der Waals surface area (Å²) in [6.07, 6.45) is 6.74. The van der Waals surface area contributed by atoms with Gasteiger partial charge >= 0.3 is 0 Å². The number of nitrogens with one attached hydrogen (secondary N) is 1. The molecular weight excluding hydrogens is 255 g/mol. The first-order valence-electron chi connectivity index (χ1n) is 6.90. The molecule has 2 rings (SSSR count). The van der Waals surface area contributed by atoms with Crippen molar-refractivity contribution in [2.45, 2.75) is 38.8 Å². The van der Waals surface area contributed by atoms with Crippen LogP contribution in [0.25, 0.3) is 0 Å². The number of hydrogen-bond donors (Lipinski definition) is 1. The molecule has 0 aliphatic heterocycles. The summed E-state index contributed by atoms with van der Waals surface area (Å²) in [5, 5.41) is 3.48. The SMILES string of the molecule is CC(C)NC(CCc1nccn1C)c1ccc(F)cn1. The Kier molecular flexibility index (Phi) is 4.84. The number of halogens is 1. The second kappa shape index (κ2) is 6.61. The van der Waals surface area contributed by atoms with E-state index in [4.69, 9.17) is 0 Å². The van der Waals surface area contributed by atoms with Gasteiger partial charge in [-0.2, -0.15) is 0 Å². The van der Waals surface area contributed by atoms with Gasteiger partial charge in [0.2, 0.25) is 0 Å². The maximum atomic E-state index is 13.0. The van der Waals surface area contributed by atoms with Crippen molar-refractivity contribution in [3.05, 3.63) is 48.1 Å². The molecule has 5 heteroatoms. The maximum absolute atomic E-state index is 13.0. The van der Waals surface area contributed by atoms with Crippen molar-refractivity contribution in [3.63, 3.8) is 0 Å². The lowest BCUT2D eigenvalue weighted by Gasteiger charge is -2.20. The molecule has 1 unspecified atom stereocenters. The summed E-state index contributed by atoms with van der Waals surface area (Å²) in [4.78, 5) is 8.52. The lowest BCUT2D eigenvalue weighted by molar-refractivity contribution is 0.438.